The van der Waals surface area contributed by atoms with Crippen LogP contribution in [-0.2, 0) is 18.7 Å². The zero-order valence-electron chi connectivity index (χ0n) is 15.5. The fourth-order valence-electron chi connectivity index (χ4n) is 4.65. The van der Waals surface area contributed by atoms with Gasteiger partial charge < -0.3 is 14.2 Å². The van der Waals surface area contributed by atoms with Crippen molar-refractivity contribution in [1.29, 1.82) is 0 Å². The molecule has 27 heavy (non-hydrogen) atoms. The van der Waals surface area contributed by atoms with E-state index >= 15 is 0 Å². The van der Waals surface area contributed by atoms with Gasteiger partial charge in [-0.25, -0.2) is 4.98 Å². The number of hydrogen-bond donors (Lipinski definition) is 1. The van der Waals surface area contributed by atoms with Crippen LogP contribution in [0.25, 0.3) is 33.5 Å². The van der Waals surface area contributed by atoms with Crippen LogP contribution in [0.15, 0.2) is 48.5 Å². The second kappa shape index (κ2) is 5.23. The molecule has 4 heteroatoms. The van der Waals surface area contributed by atoms with Crippen molar-refractivity contribution in [3.63, 3.8) is 0 Å². The molecule has 0 spiro atoms. The summed E-state index contributed by atoms with van der Waals surface area (Å²) in [5, 5.41) is 12.1. The quantitative estimate of drug-likeness (QED) is 0.578. The van der Waals surface area contributed by atoms with Gasteiger partial charge in [0.2, 0.25) is 0 Å². The van der Waals surface area contributed by atoms with Crippen molar-refractivity contribution in [2.45, 2.75) is 44.9 Å². The minimum Gasteiger partial charge on any atom is -0.385 e. The molecule has 4 nitrogen and oxygen atoms in total. The molecule has 1 unspecified atom stereocenters. The van der Waals surface area contributed by atoms with Crippen molar-refractivity contribution in [3.8, 4) is 11.5 Å². The highest BCUT2D eigenvalue weighted by Gasteiger charge is 2.33. The third-order valence-corrected chi connectivity index (χ3v) is 6.35. The van der Waals surface area contributed by atoms with Crippen molar-refractivity contribution < 1.29 is 5.11 Å². The monoisotopic (exact) mass is 357 g/mol. The van der Waals surface area contributed by atoms with Gasteiger partial charge in [0, 0.05) is 29.6 Å². The molecule has 1 fully saturated rings. The van der Waals surface area contributed by atoms with Crippen LogP contribution < -0.4 is 0 Å². The lowest BCUT2D eigenvalue weighted by atomic mass is 9.89. The van der Waals surface area contributed by atoms with Crippen LogP contribution in [0.5, 0.6) is 0 Å². The Balaban J connectivity index is 1.64. The van der Waals surface area contributed by atoms with Crippen LogP contribution in [0.1, 0.15) is 31.7 Å². The maximum Gasteiger partial charge on any atom is 0.157 e. The molecule has 6 rings (SSSR count). The van der Waals surface area contributed by atoms with Crippen LogP contribution in [0.2, 0.25) is 0 Å². The molecule has 2 aliphatic rings. The van der Waals surface area contributed by atoms with Gasteiger partial charge in [-0.1, -0.05) is 30.3 Å². The van der Waals surface area contributed by atoms with Crippen molar-refractivity contribution in [2.24, 2.45) is 5.92 Å². The molecule has 1 atom stereocenters. The van der Waals surface area contributed by atoms with Crippen LogP contribution in [0, 0.1) is 5.92 Å². The number of nitrogens with zero attached hydrogens (tertiary/aromatic N) is 3. The Bertz CT molecular complexity index is 1190. The Labute approximate surface area is 158 Å². The van der Waals surface area contributed by atoms with Crippen LogP contribution in [0.3, 0.4) is 0 Å². The van der Waals surface area contributed by atoms with E-state index in [1.807, 2.05) is 19.1 Å². The standard InChI is InChI=1S/C23H23N3O/c1-23(27)11-12-25-21-17(23)6-4-7-18(21)24-22(25)20-13-16-5-2-3-8-19(16)26(20)14-15-9-10-15/h2-8,13,15,27H,9-12,14H2,1H3. The number of fused-ring (bicyclic) bond motifs is 1. The van der Waals surface area contributed by atoms with Crippen LogP contribution >= 0.6 is 0 Å². The van der Waals surface area contributed by atoms with Crippen LogP contribution in [0.4, 0.5) is 0 Å². The fourth-order valence-corrected chi connectivity index (χ4v) is 4.65. The van der Waals surface area contributed by atoms with Crippen molar-refractivity contribution in [2.75, 3.05) is 0 Å². The third kappa shape index (κ3) is 2.23. The van der Waals surface area contributed by atoms with E-state index in [2.05, 4.69) is 45.5 Å². The highest BCUT2D eigenvalue weighted by Crippen LogP contribution is 2.41. The summed E-state index contributed by atoms with van der Waals surface area (Å²) in [7, 11) is 0. The first-order valence-corrected chi connectivity index (χ1v) is 9.92. The van der Waals surface area contributed by atoms with Gasteiger partial charge in [0.1, 0.15) is 0 Å². The number of rotatable bonds is 3. The normalized spacial score (nSPS) is 22.0. The van der Waals surface area contributed by atoms with Gasteiger partial charge in [-0.2, -0.15) is 0 Å². The van der Waals surface area contributed by atoms with Gasteiger partial charge in [0.25, 0.3) is 0 Å². The zero-order chi connectivity index (χ0) is 18.2. The van der Waals surface area contributed by atoms with Gasteiger partial charge in [0.15, 0.2) is 5.82 Å². The number of para-hydroxylation sites is 2. The molecule has 2 aromatic heterocycles. The Morgan fingerprint density at radius 1 is 1.15 bits per heavy atom. The van der Waals surface area contributed by atoms with E-state index in [4.69, 9.17) is 4.98 Å². The van der Waals surface area contributed by atoms with Crippen molar-refractivity contribution in [1.82, 2.24) is 14.1 Å². The molecule has 0 radical (unpaired) electrons. The number of aliphatic hydroxyl groups is 1. The Morgan fingerprint density at radius 3 is 2.85 bits per heavy atom. The van der Waals surface area contributed by atoms with Gasteiger partial charge in [-0.15, -0.1) is 0 Å². The molecular weight excluding hydrogens is 334 g/mol. The predicted octanol–water partition coefficient (Wildman–Crippen LogP) is 4.68. The second-order valence-electron chi connectivity index (χ2n) is 8.43. The summed E-state index contributed by atoms with van der Waals surface area (Å²) in [6, 6.07) is 17.0. The summed E-state index contributed by atoms with van der Waals surface area (Å²) >= 11 is 0. The summed E-state index contributed by atoms with van der Waals surface area (Å²) < 4.78 is 4.78. The van der Waals surface area contributed by atoms with Crippen LogP contribution in [-0.4, -0.2) is 19.2 Å². The lowest BCUT2D eigenvalue weighted by Gasteiger charge is -2.30. The Kier molecular flexibility index (Phi) is 3.00. The third-order valence-electron chi connectivity index (χ3n) is 6.35. The Morgan fingerprint density at radius 2 is 2.00 bits per heavy atom. The van der Waals surface area contributed by atoms with Crippen molar-refractivity contribution in [3.05, 3.63) is 54.1 Å². The maximum atomic E-state index is 10.9. The topological polar surface area (TPSA) is 43.0 Å². The second-order valence-corrected chi connectivity index (χ2v) is 8.43. The molecule has 1 aliphatic heterocycles. The number of benzene rings is 2. The van der Waals surface area contributed by atoms with E-state index < -0.39 is 5.60 Å². The molecular formula is C23H23N3O. The summed E-state index contributed by atoms with van der Waals surface area (Å²) in [6.45, 7) is 3.78. The van der Waals surface area contributed by atoms with E-state index in [0.717, 1.165) is 41.4 Å². The molecule has 3 heterocycles. The maximum absolute atomic E-state index is 10.9. The molecule has 0 saturated heterocycles. The smallest absolute Gasteiger partial charge is 0.157 e. The minimum absolute atomic E-state index is 0.714. The zero-order valence-corrected chi connectivity index (χ0v) is 15.5. The number of aromatic nitrogens is 3. The largest absolute Gasteiger partial charge is 0.385 e. The lowest BCUT2D eigenvalue weighted by molar-refractivity contribution is 0.0399. The molecule has 2 aromatic carbocycles. The first-order valence-electron chi connectivity index (χ1n) is 9.92. The van der Waals surface area contributed by atoms with E-state index in [9.17, 15) is 5.11 Å². The first kappa shape index (κ1) is 15.5. The SMILES string of the molecule is CC1(O)CCn2c(-c3cc4ccccc4n3CC3CC3)nc3cccc1c32. The molecule has 0 amide bonds. The van der Waals surface area contributed by atoms with Gasteiger partial charge >= 0.3 is 0 Å². The highest BCUT2D eigenvalue weighted by atomic mass is 16.3. The summed E-state index contributed by atoms with van der Waals surface area (Å²) in [4.78, 5) is 5.03. The molecule has 0 bridgehead atoms. The molecule has 1 aliphatic carbocycles. The van der Waals surface area contributed by atoms with Gasteiger partial charge in [-0.3, -0.25) is 0 Å². The summed E-state index contributed by atoms with van der Waals surface area (Å²) in [5.74, 6) is 1.83. The first-order chi connectivity index (χ1) is 13.1. The lowest BCUT2D eigenvalue weighted by Crippen LogP contribution is -2.28. The van der Waals surface area contributed by atoms with E-state index in [-0.39, 0.29) is 0 Å². The summed E-state index contributed by atoms with van der Waals surface area (Å²) in [6.07, 6.45) is 3.37. The molecule has 136 valence electrons. The molecule has 1 saturated carbocycles. The highest BCUT2D eigenvalue weighted by molar-refractivity contribution is 5.89. The van der Waals surface area contributed by atoms with E-state index in [1.54, 1.807) is 0 Å². The van der Waals surface area contributed by atoms with Crippen molar-refractivity contribution >= 4 is 21.9 Å². The molecule has 4 aromatic rings. The molecule has 1 N–H and O–H groups in total. The Hall–Kier alpha value is -2.59. The average molecular weight is 357 g/mol. The predicted molar refractivity (Wildman–Crippen MR) is 108 cm³/mol. The number of hydrogen-bond acceptors (Lipinski definition) is 2. The minimum atomic E-state index is -0.784. The van der Waals surface area contributed by atoms with E-state index in [1.165, 1.54) is 29.4 Å². The van der Waals surface area contributed by atoms with Gasteiger partial charge in [-0.05, 0) is 50.3 Å². The summed E-state index contributed by atoms with van der Waals surface area (Å²) in [5.41, 5.74) is 4.77. The average Bonchev–Trinajstić information content (AvgIpc) is 3.30. The number of imidazole rings is 1. The fraction of sp³-hybridized carbons (Fsp3) is 0.348. The van der Waals surface area contributed by atoms with Gasteiger partial charge in [0.05, 0.1) is 22.3 Å². The van der Waals surface area contributed by atoms with E-state index in [0.29, 0.717) is 6.42 Å². The number of aryl methyl sites for hydroxylation is 1.